The van der Waals surface area contributed by atoms with Crippen LogP contribution >= 0.6 is 0 Å². The molecule has 5 rings (SSSR count). The normalized spacial score (nSPS) is 20.3. The minimum Gasteiger partial charge on any atom is -0.733 e. The predicted octanol–water partition coefficient (Wildman–Crippen LogP) is 2.53. The van der Waals surface area contributed by atoms with Gasteiger partial charge in [0, 0.05) is 55.9 Å². The number of nitrogens with zero attached hydrogens (tertiary/aromatic N) is 4. The van der Waals surface area contributed by atoms with Gasteiger partial charge >= 0.3 is 0 Å². The number of likely N-dealkylation sites (tertiary alicyclic amines) is 1. The number of anilines is 1. The van der Waals surface area contributed by atoms with Gasteiger partial charge in [0.25, 0.3) is 5.56 Å². The highest BCUT2D eigenvalue weighted by Gasteiger charge is 2.36. The number of aromatic nitrogens is 2. The number of piperidine rings is 1. The topological polar surface area (TPSA) is 93.8 Å². The number of benzene rings is 1. The number of aryl methyl sites for hydroxylation is 1. The molecule has 2 atom stereocenters. The van der Waals surface area contributed by atoms with Crippen molar-refractivity contribution < 1.29 is 10.0 Å². The van der Waals surface area contributed by atoms with Crippen molar-refractivity contribution in [2.24, 2.45) is 5.92 Å². The summed E-state index contributed by atoms with van der Waals surface area (Å²) in [6, 6.07) is 13.3. The molecule has 0 aliphatic carbocycles. The standard InChI is InChI=1S/C22H23N4O4/c27-21(8-10-23-9-7-16-3-1-2-4-18(16)23)24-12-15-11-17(14-24)19-5-6-20(26(29)30)22(28)25(19)13-15/h1-7,9,15,17,29H,8,10-14H2/q-1. The zero-order chi connectivity index (χ0) is 20.8. The Labute approximate surface area is 173 Å². The summed E-state index contributed by atoms with van der Waals surface area (Å²) >= 11 is 0. The summed E-state index contributed by atoms with van der Waals surface area (Å²) in [4.78, 5) is 27.4. The average Bonchev–Trinajstić information content (AvgIpc) is 3.15. The molecule has 2 aliphatic rings. The molecule has 3 aromatic rings. The third kappa shape index (κ3) is 3.18. The van der Waals surface area contributed by atoms with Gasteiger partial charge in [-0.1, -0.05) is 18.2 Å². The van der Waals surface area contributed by atoms with Crippen molar-refractivity contribution >= 4 is 22.5 Å². The van der Waals surface area contributed by atoms with E-state index >= 15 is 0 Å². The summed E-state index contributed by atoms with van der Waals surface area (Å²) in [5, 5.41) is 21.1. The molecule has 8 heteroatoms. The molecule has 1 saturated heterocycles. The van der Waals surface area contributed by atoms with Crippen LogP contribution in [0.1, 0.15) is 24.5 Å². The Hall–Kier alpha value is -3.10. The summed E-state index contributed by atoms with van der Waals surface area (Å²) in [7, 11) is 0. The zero-order valence-electron chi connectivity index (χ0n) is 16.5. The Morgan fingerprint density at radius 3 is 2.80 bits per heavy atom. The van der Waals surface area contributed by atoms with Crippen LogP contribution < -0.4 is 10.8 Å². The molecule has 2 bridgehead atoms. The van der Waals surface area contributed by atoms with Gasteiger partial charge in [0.05, 0.1) is 0 Å². The summed E-state index contributed by atoms with van der Waals surface area (Å²) in [5.41, 5.74) is 1.21. The van der Waals surface area contributed by atoms with Crippen LogP contribution in [0.15, 0.2) is 53.5 Å². The number of carbonyl (C=O) groups is 1. The van der Waals surface area contributed by atoms with Gasteiger partial charge in [0.2, 0.25) is 5.91 Å². The van der Waals surface area contributed by atoms with E-state index < -0.39 is 5.56 Å². The van der Waals surface area contributed by atoms with Gasteiger partial charge in [-0.2, -0.15) is 0 Å². The lowest BCUT2D eigenvalue weighted by atomic mass is 9.83. The minimum absolute atomic E-state index is 0.0643. The Balaban J connectivity index is 1.31. The number of para-hydroxylation sites is 1. The maximum atomic E-state index is 12.9. The van der Waals surface area contributed by atoms with Crippen molar-refractivity contribution in [1.82, 2.24) is 14.0 Å². The molecule has 2 aromatic heterocycles. The number of fused-ring (bicyclic) bond motifs is 5. The van der Waals surface area contributed by atoms with Crippen molar-refractivity contribution in [3.05, 3.63) is 69.9 Å². The summed E-state index contributed by atoms with van der Waals surface area (Å²) in [5.74, 6) is 0.352. The summed E-state index contributed by atoms with van der Waals surface area (Å²) in [6.45, 7) is 2.27. The first-order chi connectivity index (χ1) is 14.5. The molecule has 0 spiro atoms. The molecule has 4 heterocycles. The molecule has 1 fully saturated rings. The second kappa shape index (κ2) is 7.30. The van der Waals surface area contributed by atoms with E-state index in [-0.39, 0.29) is 28.7 Å². The molecule has 1 amide bonds. The van der Waals surface area contributed by atoms with Gasteiger partial charge < -0.3 is 24.5 Å². The van der Waals surface area contributed by atoms with E-state index in [0.29, 0.717) is 32.6 Å². The molecular formula is C22H23N4O4-. The van der Waals surface area contributed by atoms with Gasteiger partial charge in [-0.05, 0) is 42.0 Å². The van der Waals surface area contributed by atoms with Crippen LogP contribution in [0.4, 0.5) is 5.69 Å². The SMILES string of the molecule is O=C(CCn1ccc2ccccc21)N1CC2CC(C1)c1ccc(N([O-])O)c(=O)n1C2. The Morgan fingerprint density at radius 1 is 1.13 bits per heavy atom. The van der Waals surface area contributed by atoms with E-state index in [1.54, 1.807) is 10.6 Å². The fraction of sp³-hybridized carbons (Fsp3) is 0.364. The van der Waals surface area contributed by atoms with Crippen LogP contribution in [0.5, 0.6) is 0 Å². The monoisotopic (exact) mass is 407 g/mol. The van der Waals surface area contributed by atoms with Crippen molar-refractivity contribution in [2.45, 2.75) is 31.8 Å². The smallest absolute Gasteiger partial charge is 0.275 e. The van der Waals surface area contributed by atoms with Gasteiger partial charge in [0.15, 0.2) is 0 Å². The van der Waals surface area contributed by atoms with E-state index in [0.717, 1.165) is 17.6 Å². The number of hydrogen-bond donors (Lipinski definition) is 1. The first kappa shape index (κ1) is 18.9. The molecule has 8 nitrogen and oxygen atoms in total. The third-order valence-electron chi connectivity index (χ3n) is 6.39. The highest BCUT2D eigenvalue weighted by molar-refractivity contribution is 5.80. The molecule has 156 valence electrons. The molecule has 2 unspecified atom stereocenters. The number of amides is 1. The molecule has 2 aliphatic heterocycles. The second-order valence-corrected chi connectivity index (χ2v) is 8.25. The molecular weight excluding hydrogens is 384 g/mol. The highest BCUT2D eigenvalue weighted by Crippen LogP contribution is 2.35. The van der Waals surface area contributed by atoms with Gasteiger partial charge in [-0.3, -0.25) is 14.8 Å². The van der Waals surface area contributed by atoms with Crippen molar-refractivity contribution in [2.75, 3.05) is 18.3 Å². The Morgan fingerprint density at radius 2 is 1.97 bits per heavy atom. The molecule has 1 N–H and O–H groups in total. The highest BCUT2D eigenvalue weighted by atomic mass is 16.8. The van der Waals surface area contributed by atoms with Gasteiger partial charge in [0.1, 0.15) is 5.69 Å². The maximum Gasteiger partial charge on any atom is 0.275 e. The average molecular weight is 407 g/mol. The van der Waals surface area contributed by atoms with Gasteiger partial charge in [-0.15, -0.1) is 0 Å². The fourth-order valence-electron chi connectivity index (χ4n) is 4.99. The quantitative estimate of drug-likeness (QED) is 0.671. The van der Waals surface area contributed by atoms with Crippen molar-refractivity contribution in [3.63, 3.8) is 0 Å². The zero-order valence-corrected chi connectivity index (χ0v) is 16.5. The molecule has 0 saturated carbocycles. The number of carbonyl (C=O) groups excluding carboxylic acids is 1. The van der Waals surface area contributed by atoms with E-state index in [2.05, 4.69) is 22.8 Å². The molecule has 1 aromatic carbocycles. The van der Waals surface area contributed by atoms with Crippen LogP contribution in [0.3, 0.4) is 0 Å². The first-order valence-electron chi connectivity index (χ1n) is 10.2. The lowest BCUT2D eigenvalue weighted by Gasteiger charge is -2.43. The van der Waals surface area contributed by atoms with E-state index in [4.69, 9.17) is 5.21 Å². The lowest BCUT2D eigenvalue weighted by Crippen LogP contribution is -2.49. The van der Waals surface area contributed by atoms with Crippen LogP contribution in [0.2, 0.25) is 0 Å². The second-order valence-electron chi connectivity index (χ2n) is 8.25. The van der Waals surface area contributed by atoms with Crippen LogP contribution in [-0.2, 0) is 17.9 Å². The number of rotatable bonds is 4. The summed E-state index contributed by atoms with van der Waals surface area (Å²) < 4.78 is 3.70. The Bertz CT molecular complexity index is 1170. The fourth-order valence-corrected chi connectivity index (χ4v) is 4.99. The third-order valence-corrected chi connectivity index (χ3v) is 6.39. The predicted molar refractivity (Wildman–Crippen MR) is 112 cm³/mol. The van der Waals surface area contributed by atoms with Crippen LogP contribution in [0, 0.1) is 11.1 Å². The van der Waals surface area contributed by atoms with E-state index in [1.807, 2.05) is 23.2 Å². The number of hydrogen-bond acceptors (Lipinski definition) is 5. The lowest BCUT2D eigenvalue weighted by molar-refractivity contribution is -0.134. The maximum absolute atomic E-state index is 12.9. The summed E-state index contributed by atoms with van der Waals surface area (Å²) in [6.07, 6.45) is 3.37. The van der Waals surface area contributed by atoms with Crippen molar-refractivity contribution in [3.8, 4) is 0 Å². The van der Waals surface area contributed by atoms with Gasteiger partial charge in [-0.25, -0.2) is 0 Å². The number of pyridine rings is 1. The van der Waals surface area contributed by atoms with Crippen LogP contribution in [0.25, 0.3) is 10.9 Å². The largest absolute Gasteiger partial charge is 0.733 e. The first-order valence-corrected chi connectivity index (χ1v) is 10.2. The molecule has 0 radical (unpaired) electrons. The molecule has 30 heavy (non-hydrogen) atoms. The minimum atomic E-state index is -0.473. The van der Waals surface area contributed by atoms with E-state index in [9.17, 15) is 14.8 Å². The van der Waals surface area contributed by atoms with E-state index in [1.165, 1.54) is 11.5 Å². The van der Waals surface area contributed by atoms with Crippen LogP contribution in [-0.4, -0.2) is 38.2 Å². The van der Waals surface area contributed by atoms with Crippen molar-refractivity contribution in [1.29, 1.82) is 0 Å². The Kier molecular flexibility index (Phi) is 4.60.